The normalized spacial score (nSPS) is 16.2. The highest BCUT2D eigenvalue weighted by Gasteiger charge is 2.28. The van der Waals surface area contributed by atoms with E-state index >= 15 is 0 Å². The van der Waals surface area contributed by atoms with Gasteiger partial charge in [-0.1, -0.05) is 26.0 Å². The van der Waals surface area contributed by atoms with E-state index in [1.807, 2.05) is 71.9 Å². The second-order valence-electron chi connectivity index (χ2n) is 8.08. The summed E-state index contributed by atoms with van der Waals surface area (Å²) in [6.07, 6.45) is 6.53. The smallest absolute Gasteiger partial charge is 0.319 e. The Balaban J connectivity index is 1.29. The molecule has 3 aromatic rings. The summed E-state index contributed by atoms with van der Waals surface area (Å²) in [5.74, 6) is 0.614. The summed E-state index contributed by atoms with van der Waals surface area (Å²) in [6.45, 7) is 5.89. The number of likely N-dealkylation sites (tertiary alicyclic amines) is 1. The molecule has 3 heterocycles. The Morgan fingerprint density at radius 3 is 2.73 bits per heavy atom. The summed E-state index contributed by atoms with van der Waals surface area (Å²) in [5.41, 5.74) is 3.79. The topological polar surface area (TPSA) is 78.7 Å². The molecule has 0 aliphatic carbocycles. The van der Waals surface area contributed by atoms with Crippen LogP contribution in [-0.2, 0) is 11.3 Å². The number of urea groups is 1. The summed E-state index contributed by atoms with van der Waals surface area (Å²) >= 11 is 0. The maximum atomic E-state index is 12.2. The standard InChI is InChI=1S/C23H27N5O2/c1-16(2)22(29)28-11-8-19(15-28)18-3-5-20(6-4-18)26-23(30)25-14-17-7-10-27-12-9-24-21(27)13-17/h3-7,9-10,12-13,16,19H,8,11,14-15H2,1-2H3,(H2,25,26,30). The Morgan fingerprint density at radius 1 is 1.17 bits per heavy atom. The van der Waals surface area contributed by atoms with E-state index < -0.39 is 0 Å². The van der Waals surface area contributed by atoms with Gasteiger partial charge >= 0.3 is 6.03 Å². The predicted molar refractivity (Wildman–Crippen MR) is 116 cm³/mol. The molecule has 156 valence electrons. The number of imidazole rings is 1. The first-order valence-electron chi connectivity index (χ1n) is 10.3. The first-order valence-corrected chi connectivity index (χ1v) is 10.3. The van der Waals surface area contributed by atoms with Crippen LogP contribution < -0.4 is 10.6 Å². The minimum absolute atomic E-state index is 0.0375. The highest BCUT2D eigenvalue weighted by atomic mass is 16.2. The third-order valence-corrected chi connectivity index (χ3v) is 5.55. The predicted octanol–water partition coefficient (Wildman–Crippen LogP) is 3.63. The van der Waals surface area contributed by atoms with Crippen LogP contribution in [0.5, 0.6) is 0 Å². The maximum absolute atomic E-state index is 12.2. The molecule has 1 fully saturated rings. The van der Waals surface area contributed by atoms with Crippen LogP contribution >= 0.6 is 0 Å². The van der Waals surface area contributed by atoms with Crippen molar-refractivity contribution in [2.24, 2.45) is 5.92 Å². The highest BCUT2D eigenvalue weighted by Crippen LogP contribution is 2.28. The molecule has 2 N–H and O–H groups in total. The lowest BCUT2D eigenvalue weighted by Gasteiger charge is -2.19. The number of carbonyl (C=O) groups is 2. The minimum Gasteiger partial charge on any atom is -0.342 e. The molecule has 3 amide bonds. The van der Waals surface area contributed by atoms with Crippen molar-refractivity contribution in [3.8, 4) is 0 Å². The van der Waals surface area contributed by atoms with Gasteiger partial charge in [0.05, 0.1) is 0 Å². The van der Waals surface area contributed by atoms with E-state index in [2.05, 4.69) is 15.6 Å². The molecule has 7 nitrogen and oxygen atoms in total. The van der Waals surface area contributed by atoms with E-state index in [0.717, 1.165) is 36.4 Å². The van der Waals surface area contributed by atoms with Gasteiger partial charge in [0.15, 0.2) is 0 Å². The largest absolute Gasteiger partial charge is 0.342 e. The summed E-state index contributed by atoms with van der Waals surface area (Å²) < 4.78 is 1.92. The average molecular weight is 406 g/mol. The zero-order valence-corrected chi connectivity index (χ0v) is 17.3. The van der Waals surface area contributed by atoms with E-state index in [4.69, 9.17) is 0 Å². The molecule has 2 aromatic heterocycles. The minimum atomic E-state index is -0.250. The first-order chi connectivity index (χ1) is 14.5. The highest BCUT2D eigenvalue weighted by molar-refractivity contribution is 5.89. The van der Waals surface area contributed by atoms with Gasteiger partial charge in [-0.25, -0.2) is 9.78 Å². The lowest BCUT2D eigenvalue weighted by molar-refractivity contribution is -0.133. The number of aromatic nitrogens is 2. The molecule has 30 heavy (non-hydrogen) atoms. The second kappa shape index (κ2) is 8.57. The van der Waals surface area contributed by atoms with Crippen LogP contribution in [0.4, 0.5) is 10.5 Å². The number of nitrogens with zero attached hydrogens (tertiary/aromatic N) is 3. The van der Waals surface area contributed by atoms with E-state index in [-0.39, 0.29) is 17.9 Å². The van der Waals surface area contributed by atoms with Crippen molar-refractivity contribution in [2.45, 2.75) is 32.7 Å². The Morgan fingerprint density at radius 2 is 1.97 bits per heavy atom. The van der Waals surface area contributed by atoms with Crippen molar-refractivity contribution in [2.75, 3.05) is 18.4 Å². The van der Waals surface area contributed by atoms with Gasteiger partial charge in [0, 0.05) is 55.7 Å². The van der Waals surface area contributed by atoms with Gasteiger partial charge in [0.1, 0.15) is 5.65 Å². The van der Waals surface area contributed by atoms with Crippen molar-refractivity contribution in [3.63, 3.8) is 0 Å². The number of nitrogens with one attached hydrogen (secondary N) is 2. The second-order valence-corrected chi connectivity index (χ2v) is 8.08. The van der Waals surface area contributed by atoms with E-state index in [1.165, 1.54) is 5.56 Å². The zero-order valence-electron chi connectivity index (χ0n) is 17.3. The van der Waals surface area contributed by atoms with Crippen molar-refractivity contribution in [3.05, 3.63) is 66.1 Å². The fourth-order valence-electron chi connectivity index (χ4n) is 3.86. The van der Waals surface area contributed by atoms with Crippen LogP contribution in [0.2, 0.25) is 0 Å². The van der Waals surface area contributed by atoms with Gasteiger partial charge in [-0.05, 0) is 41.8 Å². The molecule has 1 aromatic carbocycles. The summed E-state index contributed by atoms with van der Waals surface area (Å²) in [7, 11) is 0. The quantitative estimate of drug-likeness (QED) is 0.680. The fraction of sp³-hybridized carbons (Fsp3) is 0.348. The monoisotopic (exact) mass is 405 g/mol. The van der Waals surface area contributed by atoms with Crippen LogP contribution in [0.3, 0.4) is 0 Å². The van der Waals surface area contributed by atoms with Gasteiger partial charge < -0.3 is 19.9 Å². The molecule has 1 unspecified atom stereocenters. The number of hydrogen-bond donors (Lipinski definition) is 2. The van der Waals surface area contributed by atoms with Crippen LogP contribution in [0.1, 0.15) is 37.3 Å². The number of hydrogen-bond acceptors (Lipinski definition) is 3. The van der Waals surface area contributed by atoms with Crippen LogP contribution in [0.15, 0.2) is 55.0 Å². The van der Waals surface area contributed by atoms with Crippen molar-refractivity contribution < 1.29 is 9.59 Å². The van der Waals surface area contributed by atoms with Crippen LogP contribution in [0.25, 0.3) is 5.65 Å². The van der Waals surface area contributed by atoms with Crippen molar-refractivity contribution >= 4 is 23.3 Å². The van der Waals surface area contributed by atoms with Gasteiger partial charge in [-0.15, -0.1) is 0 Å². The number of amides is 3. The number of benzene rings is 1. The molecule has 1 atom stereocenters. The summed E-state index contributed by atoms with van der Waals surface area (Å²) in [6, 6.07) is 11.6. The molecule has 1 aliphatic rings. The lowest BCUT2D eigenvalue weighted by Crippen LogP contribution is -2.31. The van der Waals surface area contributed by atoms with Gasteiger partial charge in [0.2, 0.25) is 5.91 Å². The molecule has 0 radical (unpaired) electrons. The van der Waals surface area contributed by atoms with Gasteiger partial charge in [-0.2, -0.15) is 0 Å². The van der Waals surface area contributed by atoms with Crippen LogP contribution in [0, 0.1) is 5.92 Å². The summed E-state index contributed by atoms with van der Waals surface area (Å²) in [4.78, 5) is 30.6. The number of rotatable bonds is 5. The Kier molecular flexibility index (Phi) is 5.70. The molecule has 0 spiro atoms. The van der Waals surface area contributed by atoms with Crippen molar-refractivity contribution in [1.82, 2.24) is 19.6 Å². The maximum Gasteiger partial charge on any atom is 0.319 e. The number of carbonyl (C=O) groups excluding carboxylic acids is 2. The van der Waals surface area contributed by atoms with Crippen molar-refractivity contribution in [1.29, 1.82) is 0 Å². The average Bonchev–Trinajstić information content (AvgIpc) is 3.41. The molecule has 0 saturated carbocycles. The zero-order chi connectivity index (χ0) is 21.1. The van der Waals surface area contributed by atoms with E-state index in [0.29, 0.717) is 12.5 Å². The Hall–Kier alpha value is -3.35. The number of pyridine rings is 1. The third-order valence-electron chi connectivity index (χ3n) is 5.55. The lowest BCUT2D eigenvalue weighted by atomic mass is 9.98. The molecule has 0 bridgehead atoms. The molecular weight excluding hydrogens is 378 g/mol. The first kappa shape index (κ1) is 19.9. The molecule has 4 rings (SSSR count). The van der Waals surface area contributed by atoms with E-state index in [9.17, 15) is 9.59 Å². The number of anilines is 1. The Bertz CT molecular complexity index is 1040. The molecule has 1 saturated heterocycles. The third kappa shape index (κ3) is 4.45. The van der Waals surface area contributed by atoms with E-state index in [1.54, 1.807) is 6.20 Å². The Labute approximate surface area is 176 Å². The van der Waals surface area contributed by atoms with Crippen LogP contribution in [-0.4, -0.2) is 39.3 Å². The molecule has 7 heteroatoms. The summed E-state index contributed by atoms with van der Waals surface area (Å²) in [5, 5.41) is 5.74. The van der Waals surface area contributed by atoms with Gasteiger partial charge in [-0.3, -0.25) is 4.79 Å². The fourth-order valence-corrected chi connectivity index (χ4v) is 3.86. The SMILES string of the molecule is CC(C)C(=O)N1CCC(c2ccc(NC(=O)NCc3ccn4ccnc4c3)cc2)C1. The number of fused-ring (bicyclic) bond motifs is 1. The molecule has 1 aliphatic heterocycles. The van der Waals surface area contributed by atoms with Gasteiger partial charge in [0.25, 0.3) is 0 Å². The molecular formula is C23H27N5O2.